The Kier molecular flexibility index (Phi) is 4.79. The summed E-state index contributed by atoms with van der Waals surface area (Å²) in [6, 6.07) is 10.3. The van der Waals surface area contributed by atoms with E-state index in [9.17, 15) is 9.18 Å². The summed E-state index contributed by atoms with van der Waals surface area (Å²) >= 11 is 0. The van der Waals surface area contributed by atoms with Crippen LogP contribution in [-0.2, 0) is 4.79 Å². The molecule has 2 aromatic rings. The van der Waals surface area contributed by atoms with E-state index in [1.807, 2.05) is 18.2 Å². The molecule has 1 saturated heterocycles. The van der Waals surface area contributed by atoms with Crippen LogP contribution in [0.3, 0.4) is 0 Å². The van der Waals surface area contributed by atoms with Crippen molar-refractivity contribution < 1.29 is 9.18 Å². The predicted molar refractivity (Wildman–Crippen MR) is 104 cm³/mol. The third kappa shape index (κ3) is 4.10. The van der Waals surface area contributed by atoms with Crippen molar-refractivity contribution in [2.24, 2.45) is 17.8 Å². The number of fused-ring (bicyclic) bond motifs is 1. The fourth-order valence-corrected chi connectivity index (χ4v) is 4.05. The van der Waals surface area contributed by atoms with Crippen molar-refractivity contribution >= 4 is 23.5 Å². The maximum atomic E-state index is 13.0. The van der Waals surface area contributed by atoms with Crippen molar-refractivity contribution in [3.8, 4) is 0 Å². The molecule has 2 aliphatic rings. The number of hydrogen-bond acceptors (Lipinski definition) is 4. The van der Waals surface area contributed by atoms with E-state index in [1.54, 1.807) is 18.3 Å². The van der Waals surface area contributed by atoms with E-state index in [2.05, 4.69) is 15.2 Å². The highest BCUT2D eigenvalue weighted by atomic mass is 19.1. The molecule has 0 bridgehead atoms. The van der Waals surface area contributed by atoms with E-state index in [-0.39, 0.29) is 11.7 Å². The first-order valence-corrected chi connectivity index (χ1v) is 9.28. The second-order valence-electron chi connectivity index (χ2n) is 7.30. The fourth-order valence-electron chi connectivity index (χ4n) is 4.05. The Morgan fingerprint density at radius 2 is 1.96 bits per heavy atom. The number of rotatable bonds is 6. The molecule has 4 rings (SSSR count). The fraction of sp³-hybridized carbons (Fsp3) is 0.333. The summed E-state index contributed by atoms with van der Waals surface area (Å²) in [5.41, 5.74) is 7.48. The average Bonchev–Trinajstić information content (AvgIpc) is 3.11. The number of nitrogens with zero attached hydrogens (tertiary/aromatic N) is 2. The Bertz CT molecular complexity index is 822. The lowest BCUT2D eigenvalue weighted by Gasteiger charge is -2.22. The maximum absolute atomic E-state index is 13.0. The summed E-state index contributed by atoms with van der Waals surface area (Å²) in [5.74, 6) is 2.26. The number of pyridine rings is 1. The molecule has 2 heterocycles. The average molecular weight is 366 g/mol. The first-order valence-electron chi connectivity index (χ1n) is 9.28. The number of nitrogens with one attached hydrogen (secondary N) is 1. The highest BCUT2D eigenvalue weighted by molar-refractivity contribution is 5.91. The van der Waals surface area contributed by atoms with Gasteiger partial charge in [0.25, 0.3) is 0 Å². The largest absolute Gasteiger partial charge is 0.384 e. The van der Waals surface area contributed by atoms with Gasteiger partial charge in [0.15, 0.2) is 0 Å². The number of carbonyl (C=O) groups excluding carboxylic acids is 1. The molecule has 3 N–H and O–H groups in total. The van der Waals surface area contributed by atoms with Crippen LogP contribution in [0.15, 0.2) is 48.7 Å². The van der Waals surface area contributed by atoms with Crippen molar-refractivity contribution in [2.45, 2.75) is 6.42 Å². The van der Waals surface area contributed by atoms with Gasteiger partial charge in [0.2, 0.25) is 5.91 Å². The monoisotopic (exact) mass is 366 g/mol. The van der Waals surface area contributed by atoms with Crippen LogP contribution >= 0.6 is 0 Å². The molecular weight excluding hydrogens is 343 g/mol. The number of amides is 1. The Hall–Kier alpha value is -2.89. The van der Waals surface area contributed by atoms with E-state index in [1.165, 1.54) is 18.2 Å². The molecule has 2 fully saturated rings. The third-order valence-electron chi connectivity index (χ3n) is 5.58. The summed E-state index contributed by atoms with van der Waals surface area (Å²) in [6.07, 6.45) is 5.90. The number of aromatic nitrogens is 1. The van der Waals surface area contributed by atoms with E-state index >= 15 is 0 Å². The molecule has 0 spiro atoms. The van der Waals surface area contributed by atoms with Gasteiger partial charge >= 0.3 is 0 Å². The zero-order chi connectivity index (χ0) is 18.8. The second kappa shape index (κ2) is 7.39. The summed E-state index contributed by atoms with van der Waals surface area (Å²) in [4.78, 5) is 18.2. The zero-order valence-electron chi connectivity index (χ0n) is 15.0. The van der Waals surface area contributed by atoms with E-state index in [4.69, 9.17) is 5.73 Å². The van der Waals surface area contributed by atoms with Gasteiger partial charge in [0.1, 0.15) is 11.6 Å². The summed E-state index contributed by atoms with van der Waals surface area (Å²) in [7, 11) is 0. The Balaban J connectivity index is 1.17. The third-order valence-corrected chi connectivity index (χ3v) is 5.58. The number of carbonyl (C=O) groups is 1. The van der Waals surface area contributed by atoms with Gasteiger partial charge in [-0.2, -0.15) is 0 Å². The van der Waals surface area contributed by atoms with Gasteiger partial charge in [0, 0.05) is 37.6 Å². The molecule has 140 valence electrons. The lowest BCUT2D eigenvalue weighted by Crippen LogP contribution is -2.26. The number of nitrogens with two attached hydrogens (primary N) is 1. The lowest BCUT2D eigenvalue weighted by molar-refractivity contribution is -0.116. The summed E-state index contributed by atoms with van der Waals surface area (Å²) < 4.78 is 13.0. The van der Waals surface area contributed by atoms with Gasteiger partial charge in [-0.15, -0.1) is 0 Å². The maximum Gasteiger partial charge on any atom is 0.244 e. The number of halogens is 1. The minimum Gasteiger partial charge on any atom is -0.384 e. The Labute approximate surface area is 158 Å². The minimum absolute atomic E-state index is 0.0921. The van der Waals surface area contributed by atoms with Crippen LogP contribution in [0.25, 0.3) is 6.08 Å². The molecule has 0 radical (unpaired) electrons. The first-order chi connectivity index (χ1) is 13.1. The highest BCUT2D eigenvalue weighted by Gasteiger charge is 2.54. The van der Waals surface area contributed by atoms with Crippen molar-refractivity contribution in [1.29, 1.82) is 0 Å². The van der Waals surface area contributed by atoms with Crippen LogP contribution in [0.2, 0.25) is 0 Å². The zero-order valence-corrected chi connectivity index (χ0v) is 15.0. The minimum atomic E-state index is -0.196. The highest BCUT2D eigenvalue weighted by Crippen LogP contribution is 2.54. The molecule has 1 amide bonds. The topological polar surface area (TPSA) is 71.2 Å². The standard InChI is InChI=1S/C21H23FN4O/c22-15-3-5-16(6-4-15)26-12-18-17(19(18)13-26)9-10-24-21(27)8-2-14-1-7-20(23)25-11-14/h1-8,11,17-19H,9-10,12-13H2,(H2,23,25)(H,24,27)/b8-2+/t17?,18-,19+. The summed E-state index contributed by atoms with van der Waals surface area (Å²) in [5, 5.41) is 2.95. The molecule has 3 atom stereocenters. The van der Waals surface area contributed by atoms with Crippen LogP contribution in [0.4, 0.5) is 15.9 Å². The molecule has 1 unspecified atom stereocenters. The van der Waals surface area contributed by atoms with Gasteiger partial charge < -0.3 is 16.0 Å². The van der Waals surface area contributed by atoms with Gasteiger partial charge in [-0.05, 0) is 72.2 Å². The van der Waals surface area contributed by atoms with E-state index in [0.717, 1.165) is 30.8 Å². The summed E-state index contributed by atoms with van der Waals surface area (Å²) in [6.45, 7) is 2.75. The van der Waals surface area contributed by atoms with Crippen LogP contribution in [-0.4, -0.2) is 30.5 Å². The van der Waals surface area contributed by atoms with E-state index in [0.29, 0.717) is 30.1 Å². The second-order valence-corrected chi connectivity index (χ2v) is 7.30. The molecule has 1 aliphatic heterocycles. The van der Waals surface area contributed by atoms with Gasteiger partial charge in [-0.1, -0.05) is 0 Å². The van der Waals surface area contributed by atoms with Crippen molar-refractivity contribution in [3.05, 3.63) is 60.1 Å². The number of benzene rings is 1. The molecule has 1 saturated carbocycles. The lowest BCUT2D eigenvalue weighted by atomic mass is 10.2. The number of anilines is 2. The van der Waals surface area contributed by atoms with Crippen molar-refractivity contribution in [3.63, 3.8) is 0 Å². The van der Waals surface area contributed by atoms with Crippen molar-refractivity contribution in [1.82, 2.24) is 10.3 Å². The Morgan fingerprint density at radius 3 is 2.63 bits per heavy atom. The van der Waals surface area contributed by atoms with Crippen LogP contribution in [0, 0.1) is 23.6 Å². The van der Waals surface area contributed by atoms with Crippen molar-refractivity contribution in [2.75, 3.05) is 30.3 Å². The SMILES string of the molecule is Nc1ccc(/C=C/C(=O)NCCC2[C@H]3CN(c4ccc(F)cc4)C[C@@H]23)cn1. The molecule has 1 aliphatic carbocycles. The molecule has 6 heteroatoms. The van der Waals surface area contributed by atoms with Crippen LogP contribution < -0.4 is 16.0 Å². The quantitative estimate of drug-likeness (QED) is 0.771. The number of hydrogen-bond donors (Lipinski definition) is 2. The molecule has 1 aromatic heterocycles. The number of piperidine rings is 1. The van der Waals surface area contributed by atoms with Gasteiger partial charge in [-0.25, -0.2) is 9.37 Å². The number of nitrogen functional groups attached to an aromatic ring is 1. The van der Waals surface area contributed by atoms with Gasteiger partial charge in [-0.3, -0.25) is 4.79 Å². The van der Waals surface area contributed by atoms with Crippen LogP contribution in [0.5, 0.6) is 0 Å². The first kappa shape index (κ1) is 17.5. The smallest absolute Gasteiger partial charge is 0.244 e. The molecule has 1 aromatic carbocycles. The predicted octanol–water partition coefficient (Wildman–Crippen LogP) is 2.70. The Morgan fingerprint density at radius 1 is 1.22 bits per heavy atom. The van der Waals surface area contributed by atoms with Crippen LogP contribution in [0.1, 0.15) is 12.0 Å². The molecular formula is C21H23FN4O. The van der Waals surface area contributed by atoms with E-state index < -0.39 is 0 Å². The normalized spacial score (nSPS) is 23.4. The van der Waals surface area contributed by atoms with Gasteiger partial charge in [0.05, 0.1) is 0 Å². The molecule has 5 nitrogen and oxygen atoms in total. The molecule has 27 heavy (non-hydrogen) atoms.